The summed E-state index contributed by atoms with van der Waals surface area (Å²) in [4.78, 5) is 8.85. The molecule has 0 saturated heterocycles. The molecule has 3 aromatic rings. The zero-order chi connectivity index (χ0) is 17.2. The minimum atomic E-state index is 0. The Bertz CT molecular complexity index is 868. The molecule has 8 nitrogen and oxygen atoms in total. The maximum absolute atomic E-state index is 5.42. The number of fused-ring (bicyclic) bond motifs is 1. The summed E-state index contributed by atoms with van der Waals surface area (Å²) in [5.41, 5.74) is 2.79. The summed E-state index contributed by atoms with van der Waals surface area (Å²) in [7, 11) is 3.17. The second-order valence-electron chi connectivity index (χ2n) is 5.78. The summed E-state index contributed by atoms with van der Waals surface area (Å²) in [6.07, 6.45) is 4.70. The largest absolute Gasteiger partial charge is 0.481 e. The number of methoxy groups -OCH3 is 2. The van der Waals surface area contributed by atoms with Crippen molar-refractivity contribution in [1.29, 1.82) is 0 Å². The van der Waals surface area contributed by atoms with Crippen molar-refractivity contribution in [2.75, 3.05) is 20.8 Å². The molecule has 0 amide bonds. The van der Waals surface area contributed by atoms with Gasteiger partial charge in [-0.3, -0.25) is 9.25 Å². The van der Waals surface area contributed by atoms with Gasteiger partial charge in [0.15, 0.2) is 5.82 Å². The number of ether oxygens (including phenoxy) is 2. The fraction of sp³-hybridized carbons (Fsp3) is 0.353. The van der Waals surface area contributed by atoms with Crippen molar-refractivity contribution < 1.29 is 9.47 Å². The fourth-order valence-electron chi connectivity index (χ4n) is 3.02. The maximum atomic E-state index is 5.42. The Kier molecular flexibility index (Phi) is 5.43. The van der Waals surface area contributed by atoms with Crippen molar-refractivity contribution in [1.82, 2.24) is 29.6 Å². The Balaban J connectivity index is 0.00000196. The van der Waals surface area contributed by atoms with Crippen molar-refractivity contribution in [3.8, 4) is 29.0 Å². The third-order valence-corrected chi connectivity index (χ3v) is 4.24. The van der Waals surface area contributed by atoms with E-state index in [1.807, 2.05) is 16.8 Å². The topological polar surface area (TPSA) is 79.0 Å². The van der Waals surface area contributed by atoms with Crippen LogP contribution in [0.2, 0.25) is 0 Å². The van der Waals surface area contributed by atoms with Crippen LogP contribution in [0.4, 0.5) is 0 Å². The van der Waals surface area contributed by atoms with E-state index < -0.39 is 0 Å². The van der Waals surface area contributed by atoms with Gasteiger partial charge in [-0.1, -0.05) is 0 Å². The van der Waals surface area contributed by atoms with E-state index in [0.717, 1.165) is 43.3 Å². The molecule has 1 aliphatic heterocycles. The number of hydrogen-bond donors (Lipinski definition) is 1. The molecule has 3 aromatic heterocycles. The SMILES string of the molecule is COc1ccc(-n2ccnc2-c2cc3n(n2)CCCNC3)c(OC)n1.Cl. The second-order valence-corrected chi connectivity index (χ2v) is 5.78. The molecule has 0 bridgehead atoms. The van der Waals surface area contributed by atoms with Gasteiger partial charge < -0.3 is 14.8 Å². The highest BCUT2D eigenvalue weighted by atomic mass is 35.5. The van der Waals surface area contributed by atoms with Crippen LogP contribution in [0.5, 0.6) is 11.8 Å². The van der Waals surface area contributed by atoms with Crippen LogP contribution >= 0.6 is 12.4 Å². The number of halogens is 1. The van der Waals surface area contributed by atoms with Crippen molar-refractivity contribution >= 4 is 12.4 Å². The molecule has 4 rings (SSSR count). The smallest absolute Gasteiger partial charge is 0.241 e. The van der Waals surface area contributed by atoms with Crippen LogP contribution in [-0.2, 0) is 13.1 Å². The molecular formula is C17H21ClN6O2. The number of hydrogen-bond acceptors (Lipinski definition) is 6. The molecule has 1 N–H and O–H groups in total. The Morgan fingerprint density at radius 1 is 1.19 bits per heavy atom. The lowest BCUT2D eigenvalue weighted by Crippen LogP contribution is -2.11. The van der Waals surface area contributed by atoms with Crippen LogP contribution in [0.3, 0.4) is 0 Å². The molecule has 9 heteroatoms. The average Bonchev–Trinajstić information content (AvgIpc) is 3.23. The first-order valence-electron chi connectivity index (χ1n) is 8.20. The van der Waals surface area contributed by atoms with E-state index in [0.29, 0.717) is 11.8 Å². The molecule has 0 unspecified atom stereocenters. The van der Waals surface area contributed by atoms with Gasteiger partial charge in [0.25, 0.3) is 0 Å². The van der Waals surface area contributed by atoms with Crippen LogP contribution in [0.1, 0.15) is 12.1 Å². The van der Waals surface area contributed by atoms with E-state index in [4.69, 9.17) is 14.6 Å². The van der Waals surface area contributed by atoms with Crippen LogP contribution in [0.15, 0.2) is 30.6 Å². The number of rotatable bonds is 4. The van der Waals surface area contributed by atoms with Gasteiger partial charge in [0.05, 0.1) is 19.9 Å². The van der Waals surface area contributed by atoms with Gasteiger partial charge in [-0.25, -0.2) is 4.98 Å². The summed E-state index contributed by atoms with van der Waals surface area (Å²) in [6, 6.07) is 5.78. The Morgan fingerprint density at radius 3 is 2.88 bits per heavy atom. The number of nitrogens with zero attached hydrogens (tertiary/aromatic N) is 5. The second kappa shape index (κ2) is 7.76. The zero-order valence-corrected chi connectivity index (χ0v) is 15.5. The van der Waals surface area contributed by atoms with Crippen molar-refractivity contribution in [2.24, 2.45) is 0 Å². The Hall–Kier alpha value is -2.58. The summed E-state index contributed by atoms with van der Waals surface area (Å²) >= 11 is 0. The first-order valence-corrected chi connectivity index (χ1v) is 8.20. The lowest BCUT2D eigenvalue weighted by atomic mass is 10.3. The van der Waals surface area contributed by atoms with Crippen molar-refractivity contribution in [3.05, 3.63) is 36.3 Å². The lowest BCUT2D eigenvalue weighted by molar-refractivity contribution is 0.363. The molecule has 0 aromatic carbocycles. The third kappa shape index (κ3) is 3.25. The van der Waals surface area contributed by atoms with E-state index >= 15 is 0 Å². The first kappa shape index (κ1) is 18.2. The van der Waals surface area contributed by atoms with Gasteiger partial charge in [-0.2, -0.15) is 10.1 Å². The molecule has 0 saturated carbocycles. The molecule has 26 heavy (non-hydrogen) atoms. The molecule has 4 heterocycles. The van der Waals surface area contributed by atoms with Crippen molar-refractivity contribution in [2.45, 2.75) is 19.5 Å². The maximum Gasteiger partial charge on any atom is 0.241 e. The molecule has 1 aliphatic rings. The normalized spacial score (nSPS) is 13.5. The number of aryl methyl sites for hydroxylation is 1. The number of imidazole rings is 1. The molecule has 138 valence electrons. The minimum absolute atomic E-state index is 0. The highest BCUT2D eigenvalue weighted by Crippen LogP contribution is 2.28. The van der Waals surface area contributed by atoms with E-state index in [-0.39, 0.29) is 12.4 Å². The summed E-state index contributed by atoms with van der Waals surface area (Å²) < 4.78 is 14.6. The zero-order valence-electron chi connectivity index (χ0n) is 14.7. The predicted molar refractivity (Wildman–Crippen MR) is 99.3 cm³/mol. The quantitative estimate of drug-likeness (QED) is 0.751. The Morgan fingerprint density at radius 2 is 2.08 bits per heavy atom. The van der Waals surface area contributed by atoms with Crippen LogP contribution in [0.25, 0.3) is 17.2 Å². The van der Waals surface area contributed by atoms with Gasteiger partial charge >= 0.3 is 0 Å². The van der Waals surface area contributed by atoms with E-state index in [1.54, 1.807) is 26.5 Å². The molecule has 0 radical (unpaired) electrons. The third-order valence-electron chi connectivity index (χ3n) is 4.24. The molecular weight excluding hydrogens is 356 g/mol. The van der Waals surface area contributed by atoms with E-state index in [1.165, 1.54) is 5.69 Å². The van der Waals surface area contributed by atoms with Gasteiger partial charge in [-0.05, 0) is 25.1 Å². The van der Waals surface area contributed by atoms with Gasteiger partial charge in [-0.15, -0.1) is 12.4 Å². The molecule has 0 atom stereocenters. The molecule has 0 aliphatic carbocycles. The lowest BCUT2D eigenvalue weighted by Gasteiger charge is -2.11. The molecule has 0 fully saturated rings. The van der Waals surface area contributed by atoms with Crippen LogP contribution in [-0.4, -0.2) is 45.1 Å². The summed E-state index contributed by atoms with van der Waals surface area (Å²) in [5.74, 6) is 1.73. The van der Waals surface area contributed by atoms with Crippen molar-refractivity contribution in [3.63, 3.8) is 0 Å². The van der Waals surface area contributed by atoms with E-state index in [9.17, 15) is 0 Å². The Labute approximate surface area is 157 Å². The summed E-state index contributed by atoms with van der Waals surface area (Å²) in [5, 5.41) is 8.14. The van der Waals surface area contributed by atoms with Gasteiger partial charge in [0.2, 0.25) is 11.8 Å². The molecule has 0 spiro atoms. The average molecular weight is 377 g/mol. The fourth-order valence-corrected chi connectivity index (χ4v) is 3.02. The number of nitrogens with one attached hydrogen (secondary N) is 1. The minimum Gasteiger partial charge on any atom is -0.481 e. The highest BCUT2D eigenvalue weighted by Gasteiger charge is 2.18. The van der Waals surface area contributed by atoms with Crippen LogP contribution in [0, 0.1) is 0 Å². The standard InChI is InChI=1S/C17H20N6O2.ClH/c1-24-15-5-4-14(17(20-15)25-2)22-9-7-19-16(22)13-10-12-11-18-6-3-8-23(12)21-13;/h4-5,7,9-10,18H,3,6,8,11H2,1-2H3;1H. The predicted octanol–water partition coefficient (Wildman–Crippen LogP) is 2.06. The number of pyridine rings is 1. The van der Waals surface area contributed by atoms with Gasteiger partial charge in [0.1, 0.15) is 11.4 Å². The number of aromatic nitrogens is 5. The first-order chi connectivity index (χ1) is 12.3. The van der Waals surface area contributed by atoms with E-state index in [2.05, 4.69) is 26.0 Å². The monoisotopic (exact) mass is 376 g/mol. The van der Waals surface area contributed by atoms with Crippen LogP contribution < -0.4 is 14.8 Å². The van der Waals surface area contributed by atoms with Gasteiger partial charge in [0, 0.05) is 31.5 Å². The summed E-state index contributed by atoms with van der Waals surface area (Å²) in [6.45, 7) is 2.75. The highest BCUT2D eigenvalue weighted by molar-refractivity contribution is 5.85.